The Labute approximate surface area is 102 Å². The van der Waals surface area contributed by atoms with Crippen LogP contribution in [0.1, 0.15) is 12.5 Å². The van der Waals surface area contributed by atoms with Gasteiger partial charge in [-0.1, -0.05) is 15.9 Å². The van der Waals surface area contributed by atoms with Gasteiger partial charge in [-0.05, 0) is 25.1 Å². The summed E-state index contributed by atoms with van der Waals surface area (Å²) in [6.07, 6.45) is 0. The number of halogens is 2. The van der Waals surface area contributed by atoms with Crippen LogP contribution < -0.4 is 10.6 Å². The van der Waals surface area contributed by atoms with Crippen molar-refractivity contribution in [2.75, 3.05) is 6.54 Å². The molecule has 2 N–H and O–H groups in total. The minimum absolute atomic E-state index is 0.206. The second-order valence-corrected chi connectivity index (χ2v) is 4.74. The second-order valence-electron chi connectivity index (χ2n) is 3.82. The molecule has 0 radical (unpaired) electrons. The Kier molecular flexibility index (Phi) is 3.43. The van der Waals surface area contributed by atoms with Gasteiger partial charge in [-0.15, -0.1) is 0 Å². The molecule has 5 heteroatoms. The molecule has 0 saturated heterocycles. The summed E-state index contributed by atoms with van der Waals surface area (Å²) >= 11 is 3.32. The van der Waals surface area contributed by atoms with Crippen LogP contribution in [0.4, 0.5) is 4.39 Å². The minimum atomic E-state index is -0.206. The van der Waals surface area contributed by atoms with Gasteiger partial charge in [0.2, 0.25) is 0 Å². The van der Waals surface area contributed by atoms with E-state index in [2.05, 4.69) is 38.5 Å². The predicted molar refractivity (Wildman–Crippen MR) is 65.8 cm³/mol. The molecule has 0 aromatic heterocycles. The molecule has 1 aliphatic rings. The molecule has 1 unspecified atom stereocenters. The molecule has 3 nitrogen and oxygen atoms in total. The minimum Gasteiger partial charge on any atom is -0.352 e. The quantitative estimate of drug-likeness (QED) is 0.872. The summed E-state index contributed by atoms with van der Waals surface area (Å²) in [7, 11) is 0. The Morgan fingerprint density at radius 3 is 3.12 bits per heavy atom. The van der Waals surface area contributed by atoms with Crippen molar-refractivity contribution in [3.8, 4) is 0 Å². The van der Waals surface area contributed by atoms with Crippen LogP contribution in [-0.4, -0.2) is 18.5 Å². The molecule has 1 atom stereocenters. The summed E-state index contributed by atoms with van der Waals surface area (Å²) in [5.74, 6) is 0.536. The molecule has 0 saturated carbocycles. The standard InChI is InChI=1S/C11H13BrFN3/c1-7-5-14-11(16-7)15-6-8-4-9(12)2-3-10(8)13/h2-4,7H,5-6H2,1H3,(H2,14,15,16). The molecule has 2 rings (SSSR count). The van der Waals surface area contributed by atoms with Crippen molar-refractivity contribution in [3.63, 3.8) is 0 Å². The predicted octanol–water partition coefficient (Wildman–Crippen LogP) is 2.03. The lowest BCUT2D eigenvalue weighted by Crippen LogP contribution is -2.37. The highest BCUT2D eigenvalue weighted by molar-refractivity contribution is 9.10. The topological polar surface area (TPSA) is 36.4 Å². The lowest BCUT2D eigenvalue weighted by molar-refractivity contribution is 0.604. The van der Waals surface area contributed by atoms with E-state index in [-0.39, 0.29) is 5.82 Å². The lowest BCUT2D eigenvalue weighted by Gasteiger charge is -2.09. The highest BCUT2D eigenvalue weighted by atomic mass is 79.9. The molecule has 0 aliphatic carbocycles. The molecule has 0 fully saturated rings. The van der Waals surface area contributed by atoms with Gasteiger partial charge in [0.25, 0.3) is 0 Å². The maximum absolute atomic E-state index is 13.4. The van der Waals surface area contributed by atoms with E-state index in [1.54, 1.807) is 12.1 Å². The number of benzene rings is 1. The van der Waals surface area contributed by atoms with Crippen LogP contribution in [0.5, 0.6) is 0 Å². The molecule has 16 heavy (non-hydrogen) atoms. The van der Waals surface area contributed by atoms with Crippen molar-refractivity contribution in [1.29, 1.82) is 0 Å². The van der Waals surface area contributed by atoms with Gasteiger partial charge in [0, 0.05) is 22.6 Å². The van der Waals surface area contributed by atoms with Crippen molar-refractivity contribution >= 4 is 21.9 Å². The van der Waals surface area contributed by atoms with Crippen LogP contribution in [0.3, 0.4) is 0 Å². The SMILES string of the molecule is CC1CN=C(NCc2cc(Br)ccc2F)N1. The Morgan fingerprint density at radius 1 is 1.62 bits per heavy atom. The fourth-order valence-corrected chi connectivity index (χ4v) is 1.93. The van der Waals surface area contributed by atoms with Crippen LogP contribution in [0.2, 0.25) is 0 Å². The lowest BCUT2D eigenvalue weighted by atomic mass is 10.2. The summed E-state index contributed by atoms with van der Waals surface area (Å²) in [6, 6.07) is 5.26. The number of nitrogens with zero attached hydrogens (tertiary/aromatic N) is 1. The van der Waals surface area contributed by atoms with Gasteiger partial charge in [-0.3, -0.25) is 4.99 Å². The van der Waals surface area contributed by atoms with Gasteiger partial charge in [-0.2, -0.15) is 0 Å². The summed E-state index contributed by atoms with van der Waals surface area (Å²) < 4.78 is 14.3. The first-order valence-electron chi connectivity index (χ1n) is 5.14. The first kappa shape index (κ1) is 11.4. The average molecular weight is 286 g/mol. The van der Waals surface area contributed by atoms with E-state index in [0.717, 1.165) is 17.0 Å². The number of aliphatic imine (C=N–C) groups is 1. The zero-order valence-electron chi connectivity index (χ0n) is 8.93. The highest BCUT2D eigenvalue weighted by Crippen LogP contribution is 2.15. The maximum atomic E-state index is 13.4. The molecule has 1 aliphatic heterocycles. The van der Waals surface area contributed by atoms with Gasteiger partial charge in [0.15, 0.2) is 5.96 Å². The molecule has 1 aromatic carbocycles. The van der Waals surface area contributed by atoms with Crippen LogP contribution >= 0.6 is 15.9 Å². The van der Waals surface area contributed by atoms with E-state index in [9.17, 15) is 4.39 Å². The van der Waals surface area contributed by atoms with Gasteiger partial charge < -0.3 is 10.6 Å². The van der Waals surface area contributed by atoms with Crippen LogP contribution in [-0.2, 0) is 6.54 Å². The van der Waals surface area contributed by atoms with E-state index < -0.39 is 0 Å². The molecule has 0 bridgehead atoms. The van der Waals surface area contributed by atoms with Crippen molar-refractivity contribution in [3.05, 3.63) is 34.1 Å². The molecule has 1 heterocycles. The average Bonchev–Trinajstić information content (AvgIpc) is 2.66. The fraction of sp³-hybridized carbons (Fsp3) is 0.364. The number of hydrogen-bond acceptors (Lipinski definition) is 3. The summed E-state index contributed by atoms with van der Waals surface area (Å²) in [5, 5.41) is 6.24. The van der Waals surface area contributed by atoms with Crippen molar-refractivity contribution in [2.24, 2.45) is 4.99 Å². The van der Waals surface area contributed by atoms with Crippen LogP contribution in [0.25, 0.3) is 0 Å². The normalized spacial score (nSPS) is 19.2. The van der Waals surface area contributed by atoms with Crippen molar-refractivity contribution in [1.82, 2.24) is 10.6 Å². The van der Waals surface area contributed by atoms with Gasteiger partial charge in [-0.25, -0.2) is 4.39 Å². The Bertz CT molecular complexity index is 420. The number of hydrogen-bond donors (Lipinski definition) is 2. The third kappa shape index (κ3) is 2.72. The zero-order chi connectivity index (χ0) is 11.5. The molecule has 1 aromatic rings. The first-order chi connectivity index (χ1) is 7.65. The fourth-order valence-electron chi connectivity index (χ4n) is 1.52. The third-order valence-corrected chi connectivity index (χ3v) is 2.85. The highest BCUT2D eigenvalue weighted by Gasteiger charge is 2.12. The maximum Gasteiger partial charge on any atom is 0.191 e. The number of nitrogens with one attached hydrogen (secondary N) is 2. The Hall–Kier alpha value is -1.10. The zero-order valence-corrected chi connectivity index (χ0v) is 10.5. The first-order valence-corrected chi connectivity index (χ1v) is 5.93. The van der Waals surface area contributed by atoms with Crippen molar-refractivity contribution in [2.45, 2.75) is 19.5 Å². The second kappa shape index (κ2) is 4.82. The number of guanidine groups is 1. The van der Waals surface area contributed by atoms with Crippen LogP contribution in [0.15, 0.2) is 27.7 Å². The number of rotatable bonds is 2. The largest absolute Gasteiger partial charge is 0.352 e. The monoisotopic (exact) mass is 285 g/mol. The van der Waals surface area contributed by atoms with E-state index in [1.165, 1.54) is 6.07 Å². The summed E-state index contributed by atoms with van der Waals surface area (Å²) in [6.45, 7) is 3.25. The summed E-state index contributed by atoms with van der Waals surface area (Å²) in [5.41, 5.74) is 0.624. The van der Waals surface area contributed by atoms with Crippen molar-refractivity contribution < 1.29 is 4.39 Å². The third-order valence-electron chi connectivity index (χ3n) is 2.36. The van der Waals surface area contributed by atoms with E-state index >= 15 is 0 Å². The Morgan fingerprint density at radius 2 is 2.44 bits per heavy atom. The van der Waals surface area contributed by atoms with Gasteiger partial charge in [0.05, 0.1) is 6.54 Å². The van der Waals surface area contributed by atoms with E-state index in [4.69, 9.17) is 0 Å². The van der Waals surface area contributed by atoms with Gasteiger partial charge in [0.1, 0.15) is 5.82 Å². The Balaban J connectivity index is 1.97. The molecule has 86 valence electrons. The smallest absolute Gasteiger partial charge is 0.191 e. The molecule has 0 spiro atoms. The van der Waals surface area contributed by atoms with E-state index in [0.29, 0.717) is 18.2 Å². The van der Waals surface area contributed by atoms with Gasteiger partial charge >= 0.3 is 0 Å². The van der Waals surface area contributed by atoms with E-state index in [1.807, 2.05) is 0 Å². The molecule has 0 amide bonds. The molecular weight excluding hydrogens is 273 g/mol. The summed E-state index contributed by atoms with van der Waals surface area (Å²) in [4.78, 5) is 4.24. The molecular formula is C11H13BrFN3. The van der Waals surface area contributed by atoms with Crippen LogP contribution in [0, 0.1) is 5.82 Å².